The van der Waals surface area contributed by atoms with Crippen LogP contribution < -0.4 is 10.6 Å². The van der Waals surface area contributed by atoms with Crippen LogP contribution in [0, 0.1) is 5.92 Å². The molecule has 1 rings (SSSR count). The molecule has 0 saturated heterocycles. The van der Waals surface area contributed by atoms with Crippen LogP contribution in [0.3, 0.4) is 0 Å². The summed E-state index contributed by atoms with van der Waals surface area (Å²) < 4.78 is 0. The second kappa shape index (κ2) is 8.07. The first-order valence-corrected chi connectivity index (χ1v) is 8.11. The highest BCUT2D eigenvalue weighted by molar-refractivity contribution is 7.15. The van der Waals surface area contributed by atoms with E-state index in [-0.39, 0.29) is 17.7 Å². The van der Waals surface area contributed by atoms with Crippen LogP contribution in [-0.4, -0.2) is 28.1 Å². The summed E-state index contributed by atoms with van der Waals surface area (Å²) in [5.41, 5.74) is 0. The quantitative estimate of drug-likeness (QED) is 0.810. The van der Waals surface area contributed by atoms with Gasteiger partial charge in [-0.15, -0.1) is 10.2 Å². The minimum Gasteiger partial charge on any atom is -0.344 e. The number of nitrogens with one attached hydrogen (secondary N) is 2. The molecule has 0 aliphatic heterocycles. The molecule has 0 aliphatic rings. The molecule has 0 fully saturated rings. The van der Waals surface area contributed by atoms with Crippen LogP contribution in [0.4, 0.5) is 5.13 Å². The van der Waals surface area contributed by atoms with Crippen LogP contribution in [0.5, 0.6) is 0 Å². The Kier molecular flexibility index (Phi) is 6.74. The lowest BCUT2D eigenvalue weighted by atomic mass is 10.0. The lowest BCUT2D eigenvalue weighted by Crippen LogP contribution is -2.46. The van der Waals surface area contributed by atoms with Crippen molar-refractivity contribution in [2.45, 2.75) is 59.4 Å². The summed E-state index contributed by atoms with van der Waals surface area (Å²) in [6.45, 7) is 9.39. The molecule has 1 atom stereocenters. The van der Waals surface area contributed by atoms with Gasteiger partial charge in [0, 0.05) is 12.8 Å². The highest BCUT2D eigenvalue weighted by Gasteiger charge is 2.24. The third-order valence-corrected chi connectivity index (χ3v) is 4.31. The standard InChI is InChI=1S/C14H24N4O2S/c1-6-10(7-2)13-17-18-14(21-13)16-12(20)11(8(3)4)15-9(5)19/h8,10-11H,6-7H2,1-5H3,(H,15,19)(H,16,18,20). The highest BCUT2D eigenvalue weighted by atomic mass is 32.1. The van der Waals surface area contributed by atoms with Gasteiger partial charge in [-0.2, -0.15) is 0 Å². The van der Waals surface area contributed by atoms with E-state index in [0.29, 0.717) is 11.0 Å². The number of aromatic nitrogens is 2. The Bertz CT molecular complexity index is 483. The number of hydrogen-bond acceptors (Lipinski definition) is 5. The summed E-state index contributed by atoms with van der Waals surface area (Å²) in [5, 5.41) is 15.0. The van der Waals surface area contributed by atoms with Gasteiger partial charge < -0.3 is 5.32 Å². The second-order valence-electron chi connectivity index (χ2n) is 5.37. The maximum absolute atomic E-state index is 12.2. The predicted molar refractivity (Wildman–Crippen MR) is 84.3 cm³/mol. The summed E-state index contributed by atoms with van der Waals surface area (Å²) >= 11 is 1.40. The van der Waals surface area contributed by atoms with Gasteiger partial charge in [0.05, 0.1) is 0 Å². The maximum Gasteiger partial charge on any atom is 0.249 e. The van der Waals surface area contributed by atoms with Crippen molar-refractivity contribution in [2.24, 2.45) is 5.92 Å². The van der Waals surface area contributed by atoms with Gasteiger partial charge in [0.1, 0.15) is 11.0 Å². The molecule has 1 aromatic rings. The SMILES string of the molecule is CCC(CC)c1nnc(NC(=O)C(NC(C)=O)C(C)C)s1. The van der Waals surface area contributed by atoms with Gasteiger partial charge in [-0.05, 0) is 18.8 Å². The molecule has 1 unspecified atom stereocenters. The van der Waals surface area contributed by atoms with E-state index in [2.05, 4.69) is 34.7 Å². The molecule has 6 nitrogen and oxygen atoms in total. The molecule has 118 valence electrons. The summed E-state index contributed by atoms with van der Waals surface area (Å²) in [6.07, 6.45) is 2.00. The molecule has 0 saturated carbocycles. The summed E-state index contributed by atoms with van der Waals surface area (Å²) in [6, 6.07) is -0.567. The minimum absolute atomic E-state index is 0.000300. The van der Waals surface area contributed by atoms with Crippen LogP contribution in [-0.2, 0) is 9.59 Å². The summed E-state index contributed by atoms with van der Waals surface area (Å²) in [5.74, 6) is -0.101. The molecule has 21 heavy (non-hydrogen) atoms. The minimum atomic E-state index is -0.567. The van der Waals surface area contributed by atoms with Gasteiger partial charge in [-0.25, -0.2) is 0 Å². The van der Waals surface area contributed by atoms with E-state index in [4.69, 9.17) is 0 Å². The average Bonchev–Trinajstić information content (AvgIpc) is 2.85. The zero-order chi connectivity index (χ0) is 16.0. The molecule has 2 amide bonds. The smallest absolute Gasteiger partial charge is 0.249 e. The molecule has 0 aromatic carbocycles. The van der Waals surface area contributed by atoms with Crippen molar-refractivity contribution in [3.05, 3.63) is 5.01 Å². The van der Waals surface area contributed by atoms with E-state index in [0.717, 1.165) is 17.8 Å². The first-order valence-electron chi connectivity index (χ1n) is 7.30. The number of nitrogens with zero attached hydrogens (tertiary/aromatic N) is 2. The number of carbonyl (C=O) groups is 2. The van der Waals surface area contributed by atoms with Crippen molar-refractivity contribution in [1.29, 1.82) is 0 Å². The molecule has 1 aromatic heterocycles. The van der Waals surface area contributed by atoms with E-state index < -0.39 is 6.04 Å². The fourth-order valence-corrected chi connectivity index (χ4v) is 3.04. The van der Waals surface area contributed by atoms with Crippen molar-refractivity contribution in [3.63, 3.8) is 0 Å². The molecule has 1 heterocycles. The van der Waals surface area contributed by atoms with Crippen LogP contribution in [0.1, 0.15) is 58.4 Å². The summed E-state index contributed by atoms with van der Waals surface area (Å²) in [7, 11) is 0. The van der Waals surface area contributed by atoms with Crippen LogP contribution in [0.15, 0.2) is 0 Å². The fraction of sp³-hybridized carbons (Fsp3) is 0.714. The van der Waals surface area contributed by atoms with Gasteiger partial charge in [-0.3, -0.25) is 14.9 Å². The Morgan fingerprint density at radius 3 is 2.29 bits per heavy atom. The Balaban J connectivity index is 2.75. The van der Waals surface area contributed by atoms with Crippen molar-refractivity contribution in [2.75, 3.05) is 5.32 Å². The lowest BCUT2D eigenvalue weighted by Gasteiger charge is -2.19. The first kappa shape index (κ1) is 17.6. The monoisotopic (exact) mass is 312 g/mol. The topological polar surface area (TPSA) is 84.0 Å². The van der Waals surface area contributed by atoms with Gasteiger partial charge in [0.15, 0.2) is 0 Å². The molecule has 0 bridgehead atoms. The Morgan fingerprint density at radius 1 is 1.19 bits per heavy atom. The highest BCUT2D eigenvalue weighted by Crippen LogP contribution is 2.28. The third kappa shape index (κ3) is 5.08. The fourth-order valence-electron chi connectivity index (χ4n) is 2.03. The molecular weight excluding hydrogens is 288 g/mol. The first-order chi connectivity index (χ1) is 9.88. The lowest BCUT2D eigenvalue weighted by molar-refractivity contribution is -0.126. The maximum atomic E-state index is 12.2. The summed E-state index contributed by atoms with van der Waals surface area (Å²) in [4.78, 5) is 23.4. The predicted octanol–water partition coefficient (Wildman–Crippen LogP) is 2.54. The van der Waals surface area contributed by atoms with E-state index in [9.17, 15) is 9.59 Å². The van der Waals surface area contributed by atoms with Crippen molar-refractivity contribution < 1.29 is 9.59 Å². The molecule has 7 heteroatoms. The van der Waals surface area contributed by atoms with Crippen LogP contribution in [0.25, 0.3) is 0 Å². The van der Waals surface area contributed by atoms with Gasteiger partial charge in [0.2, 0.25) is 16.9 Å². The average molecular weight is 312 g/mol. The van der Waals surface area contributed by atoms with Crippen molar-refractivity contribution in [3.8, 4) is 0 Å². The molecule has 0 radical (unpaired) electrons. The molecule has 0 spiro atoms. The largest absolute Gasteiger partial charge is 0.344 e. The molecular formula is C14H24N4O2S. The number of amides is 2. The van der Waals surface area contributed by atoms with E-state index in [1.165, 1.54) is 18.3 Å². The van der Waals surface area contributed by atoms with Crippen molar-refractivity contribution >= 4 is 28.3 Å². The Hall–Kier alpha value is -1.50. The Labute approximate surface area is 129 Å². The van der Waals surface area contributed by atoms with E-state index in [1.807, 2.05) is 13.8 Å². The van der Waals surface area contributed by atoms with E-state index in [1.54, 1.807) is 0 Å². The molecule has 0 aliphatic carbocycles. The second-order valence-corrected chi connectivity index (χ2v) is 6.38. The number of hydrogen-bond donors (Lipinski definition) is 2. The van der Waals surface area contributed by atoms with Crippen LogP contribution >= 0.6 is 11.3 Å². The normalized spacial score (nSPS) is 12.5. The zero-order valence-corrected chi connectivity index (χ0v) is 14.1. The van der Waals surface area contributed by atoms with Gasteiger partial charge in [0.25, 0.3) is 0 Å². The Morgan fingerprint density at radius 2 is 1.81 bits per heavy atom. The zero-order valence-electron chi connectivity index (χ0n) is 13.3. The van der Waals surface area contributed by atoms with Gasteiger partial charge in [-0.1, -0.05) is 39.0 Å². The number of anilines is 1. The van der Waals surface area contributed by atoms with Crippen LogP contribution in [0.2, 0.25) is 0 Å². The van der Waals surface area contributed by atoms with E-state index >= 15 is 0 Å². The number of carbonyl (C=O) groups excluding carboxylic acids is 2. The van der Waals surface area contributed by atoms with Crippen molar-refractivity contribution in [1.82, 2.24) is 15.5 Å². The number of rotatable bonds is 7. The molecule has 2 N–H and O–H groups in total. The van der Waals surface area contributed by atoms with Gasteiger partial charge >= 0.3 is 0 Å². The third-order valence-electron chi connectivity index (χ3n) is 3.31.